The number of carbonyl (C=O) groups excluding carboxylic acids is 1. The van der Waals surface area contributed by atoms with Crippen molar-refractivity contribution in [3.8, 4) is 11.5 Å². The molecule has 0 saturated heterocycles. The van der Waals surface area contributed by atoms with E-state index in [2.05, 4.69) is 5.32 Å². The van der Waals surface area contributed by atoms with Crippen molar-refractivity contribution in [3.63, 3.8) is 0 Å². The van der Waals surface area contributed by atoms with Crippen LogP contribution in [0.25, 0.3) is 0 Å². The highest BCUT2D eigenvalue weighted by molar-refractivity contribution is 6.35. The average molecular weight is 384 g/mol. The summed E-state index contributed by atoms with van der Waals surface area (Å²) in [6, 6.07) is 7.33. The van der Waals surface area contributed by atoms with Crippen LogP contribution < -0.4 is 14.8 Å². The van der Waals surface area contributed by atoms with Crippen molar-refractivity contribution in [2.45, 2.75) is 6.92 Å². The quantitative estimate of drug-likeness (QED) is 0.786. The van der Waals surface area contributed by atoms with Gasteiger partial charge in [-0.2, -0.15) is 0 Å². The molecule has 0 heterocycles. The summed E-state index contributed by atoms with van der Waals surface area (Å²) in [7, 11) is 1.42. The number of hydrogen-bond donors (Lipinski definition) is 2. The predicted octanol–water partition coefficient (Wildman–Crippen LogP) is 4.03. The lowest BCUT2D eigenvalue weighted by Crippen LogP contribution is -2.21. The van der Waals surface area contributed by atoms with Crippen molar-refractivity contribution in [1.82, 2.24) is 0 Å². The number of carboxylic acid groups (broad SMARTS) is 1. The first-order valence-corrected chi connectivity index (χ1v) is 7.87. The molecule has 2 N–H and O–H groups in total. The van der Waals surface area contributed by atoms with Crippen LogP contribution in [0.2, 0.25) is 10.0 Å². The number of methoxy groups -OCH3 is 1. The highest BCUT2D eigenvalue weighted by atomic mass is 35.5. The van der Waals surface area contributed by atoms with E-state index in [1.165, 1.54) is 31.4 Å². The molecule has 0 spiro atoms. The van der Waals surface area contributed by atoms with Crippen molar-refractivity contribution in [3.05, 3.63) is 51.5 Å². The van der Waals surface area contributed by atoms with Crippen LogP contribution in [0.3, 0.4) is 0 Å². The van der Waals surface area contributed by atoms with E-state index in [1.807, 2.05) is 0 Å². The molecule has 0 saturated carbocycles. The van der Waals surface area contributed by atoms with Crippen LogP contribution in [-0.2, 0) is 4.79 Å². The van der Waals surface area contributed by atoms with Crippen LogP contribution in [0.4, 0.5) is 5.69 Å². The number of rotatable bonds is 6. The molecule has 8 heteroatoms. The van der Waals surface area contributed by atoms with Gasteiger partial charge in [-0.15, -0.1) is 0 Å². The lowest BCUT2D eigenvalue weighted by molar-refractivity contribution is -0.118. The van der Waals surface area contributed by atoms with Crippen LogP contribution in [-0.4, -0.2) is 30.7 Å². The normalized spacial score (nSPS) is 10.2. The first-order valence-electron chi connectivity index (χ1n) is 7.11. The van der Waals surface area contributed by atoms with Gasteiger partial charge in [0.05, 0.1) is 23.4 Å². The van der Waals surface area contributed by atoms with Gasteiger partial charge in [0.25, 0.3) is 5.91 Å². The number of anilines is 1. The Morgan fingerprint density at radius 2 is 1.92 bits per heavy atom. The van der Waals surface area contributed by atoms with Gasteiger partial charge in [-0.25, -0.2) is 4.79 Å². The molecule has 0 aliphatic rings. The van der Waals surface area contributed by atoms with Crippen LogP contribution >= 0.6 is 23.2 Å². The number of benzene rings is 2. The zero-order valence-corrected chi connectivity index (χ0v) is 14.9. The van der Waals surface area contributed by atoms with E-state index in [0.29, 0.717) is 27.1 Å². The first-order chi connectivity index (χ1) is 11.8. The van der Waals surface area contributed by atoms with E-state index in [0.717, 1.165) is 0 Å². The molecule has 0 aliphatic heterocycles. The smallest absolute Gasteiger partial charge is 0.335 e. The van der Waals surface area contributed by atoms with Gasteiger partial charge < -0.3 is 19.9 Å². The summed E-state index contributed by atoms with van der Waals surface area (Å²) in [5.74, 6) is -0.921. The van der Waals surface area contributed by atoms with Crippen molar-refractivity contribution in [2.75, 3.05) is 19.0 Å². The molecule has 0 atom stereocenters. The van der Waals surface area contributed by atoms with Gasteiger partial charge in [0, 0.05) is 5.02 Å². The number of amides is 1. The minimum atomic E-state index is -1.11. The van der Waals surface area contributed by atoms with Crippen LogP contribution in [0.5, 0.6) is 11.5 Å². The number of hydrogen-bond acceptors (Lipinski definition) is 4. The maximum atomic E-state index is 12.1. The lowest BCUT2D eigenvalue weighted by atomic mass is 10.2. The van der Waals surface area contributed by atoms with E-state index in [-0.39, 0.29) is 17.9 Å². The molecule has 0 aliphatic carbocycles. The Kier molecular flexibility index (Phi) is 6.12. The van der Waals surface area contributed by atoms with Crippen LogP contribution in [0.1, 0.15) is 15.9 Å². The largest absolute Gasteiger partial charge is 0.495 e. The van der Waals surface area contributed by atoms with Crippen molar-refractivity contribution >= 4 is 40.8 Å². The minimum Gasteiger partial charge on any atom is -0.495 e. The molecule has 6 nitrogen and oxygen atoms in total. The molecule has 0 aromatic heterocycles. The molecule has 0 bridgehead atoms. The Hall–Kier alpha value is -2.44. The second kappa shape index (κ2) is 8.09. The maximum absolute atomic E-state index is 12.1. The third-order valence-electron chi connectivity index (χ3n) is 3.26. The minimum absolute atomic E-state index is 0.0219. The lowest BCUT2D eigenvalue weighted by Gasteiger charge is -2.13. The summed E-state index contributed by atoms with van der Waals surface area (Å²) in [5.41, 5.74) is 0.944. The summed E-state index contributed by atoms with van der Waals surface area (Å²) < 4.78 is 10.6. The average Bonchev–Trinajstić information content (AvgIpc) is 2.53. The molecule has 0 unspecified atom stereocenters. The van der Waals surface area contributed by atoms with Gasteiger partial charge in [-0.05, 0) is 42.8 Å². The zero-order chi connectivity index (χ0) is 18.6. The van der Waals surface area contributed by atoms with E-state index >= 15 is 0 Å². The zero-order valence-electron chi connectivity index (χ0n) is 13.4. The van der Waals surface area contributed by atoms with E-state index in [9.17, 15) is 9.59 Å². The number of aromatic carboxylic acids is 1. The summed E-state index contributed by atoms with van der Waals surface area (Å²) in [6.45, 7) is 1.44. The van der Waals surface area contributed by atoms with Gasteiger partial charge in [0.1, 0.15) is 11.5 Å². The molecule has 1 amide bonds. The molecule has 0 radical (unpaired) electrons. The molecule has 2 aromatic carbocycles. The number of carbonyl (C=O) groups is 2. The standard InChI is InChI=1S/C17H15Cl2NO5/c1-9-5-11(18)7-12(19)16(9)25-8-15(21)20-13-6-10(17(22)23)3-4-14(13)24-2/h3-7H,8H2,1-2H3,(H,20,21)(H,22,23). The van der Waals surface area contributed by atoms with Crippen LogP contribution in [0.15, 0.2) is 30.3 Å². The van der Waals surface area contributed by atoms with Crippen molar-refractivity contribution in [1.29, 1.82) is 0 Å². The molecule has 0 fully saturated rings. The number of carboxylic acids is 1. The Bertz CT molecular complexity index is 800. The Balaban J connectivity index is 2.11. The SMILES string of the molecule is COc1ccc(C(=O)O)cc1NC(=O)COc1c(C)cc(Cl)cc1Cl. The Labute approximate surface area is 154 Å². The summed E-state index contributed by atoms with van der Waals surface area (Å²) in [4.78, 5) is 23.2. The molecular weight excluding hydrogens is 369 g/mol. The predicted molar refractivity (Wildman–Crippen MR) is 95.3 cm³/mol. The fourth-order valence-electron chi connectivity index (χ4n) is 2.13. The van der Waals surface area contributed by atoms with Gasteiger partial charge in [-0.1, -0.05) is 23.2 Å². The number of nitrogens with one attached hydrogen (secondary N) is 1. The maximum Gasteiger partial charge on any atom is 0.335 e. The van der Waals surface area contributed by atoms with Gasteiger partial charge >= 0.3 is 5.97 Å². The molecule has 2 rings (SSSR count). The van der Waals surface area contributed by atoms with Gasteiger partial charge in [-0.3, -0.25) is 4.79 Å². The van der Waals surface area contributed by atoms with Gasteiger partial charge in [0.15, 0.2) is 6.61 Å². The Morgan fingerprint density at radius 3 is 2.52 bits per heavy atom. The number of ether oxygens (including phenoxy) is 2. The third kappa shape index (κ3) is 4.78. The summed E-state index contributed by atoms with van der Waals surface area (Å²) >= 11 is 11.9. The molecular formula is C17H15Cl2NO5. The molecule has 132 valence electrons. The molecule has 25 heavy (non-hydrogen) atoms. The number of aryl methyl sites for hydroxylation is 1. The third-order valence-corrected chi connectivity index (χ3v) is 3.76. The second-order valence-electron chi connectivity index (χ2n) is 5.09. The monoisotopic (exact) mass is 383 g/mol. The Morgan fingerprint density at radius 1 is 1.20 bits per heavy atom. The second-order valence-corrected chi connectivity index (χ2v) is 5.93. The van der Waals surface area contributed by atoms with Crippen molar-refractivity contribution in [2.24, 2.45) is 0 Å². The van der Waals surface area contributed by atoms with Crippen molar-refractivity contribution < 1.29 is 24.2 Å². The fourth-order valence-corrected chi connectivity index (χ4v) is 2.78. The molecule has 2 aromatic rings. The highest BCUT2D eigenvalue weighted by Crippen LogP contribution is 2.32. The summed E-state index contributed by atoms with van der Waals surface area (Å²) in [5, 5.41) is 12.4. The first kappa shape index (κ1) is 18.9. The fraction of sp³-hybridized carbons (Fsp3) is 0.176. The topological polar surface area (TPSA) is 84.9 Å². The van der Waals surface area contributed by atoms with Gasteiger partial charge in [0.2, 0.25) is 0 Å². The summed E-state index contributed by atoms with van der Waals surface area (Å²) in [6.07, 6.45) is 0. The van der Waals surface area contributed by atoms with Crippen LogP contribution in [0, 0.1) is 6.92 Å². The highest BCUT2D eigenvalue weighted by Gasteiger charge is 2.14. The van der Waals surface area contributed by atoms with E-state index in [1.54, 1.807) is 13.0 Å². The number of halogens is 2. The van der Waals surface area contributed by atoms with E-state index < -0.39 is 11.9 Å². The van der Waals surface area contributed by atoms with E-state index in [4.69, 9.17) is 37.8 Å².